The molecule has 98 valence electrons. The fourth-order valence-corrected chi connectivity index (χ4v) is 2.33. The van der Waals surface area contributed by atoms with Crippen molar-refractivity contribution in [2.75, 3.05) is 25.0 Å². The number of likely N-dealkylation sites (tertiary alicyclic amines) is 1. The Kier molecular flexibility index (Phi) is 4.37. The van der Waals surface area contributed by atoms with Crippen LogP contribution in [0.15, 0.2) is 22.7 Å². The van der Waals surface area contributed by atoms with Crippen LogP contribution < -0.4 is 5.32 Å². The summed E-state index contributed by atoms with van der Waals surface area (Å²) in [5.41, 5.74) is 1.89. The van der Waals surface area contributed by atoms with Crippen LogP contribution in [0.25, 0.3) is 0 Å². The minimum atomic E-state index is -0.285. The summed E-state index contributed by atoms with van der Waals surface area (Å²) in [7, 11) is 0. The summed E-state index contributed by atoms with van der Waals surface area (Å²) in [5, 5.41) is 12.3. The van der Waals surface area contributed by atoms with Gasteiger partial charge >= 0.3 is 0 Å². The van der Waals surface area contributed by atoms with E-state index in [0.717, 1.165) is 28.7 Å². The first-order valence-corrected chi connectivity index (χ1v) is 6.80. The second-order valence-electron chi connectivity index (χ2n) is 4.69. The molecule has 0 radical (unpaired) electrons. The summed E-state index contributed by atoms with van der Waals surface area (Å²) in [6.07, 6.45) is 0.470. The lowest BCUT2D eigenvalue weighted by atomic mass is 10.2. The maximum absolute atomic E-state index is 11.8. The van der Waals surface area contributed by atoms with E-state index in [9.17, 15) is 9.90 Å². The first-order chi connectivity index (χ1) is 8.54. The summed E-state index contributed by atoms with van der Waals surface area (Å²) in [6, 6.07) is 5.72. The summed E-state index contributed by atoms with van der Waals surface area (Å²) in [4.78, 5) is 13.8. The van der Waals surface area contributed by atoms with Crippen molar-refractivity contribution in [1.29, 1.82) is 0 Å². The molecule has 1 amide bonds. The highest BCUT2D eigenvalue weighted by molar-refractivity contribution is 9.10. The SMILES string of the molecule is Cc1cc(NC(=O)CN2CC[C@H](O)C2)ccc1Br. The molecule has 0 aromatic heterocycles. The molecule has 18 heavy (non-hydrogen) atoms. The molecule has 1 aromatic rings. The maximum atomic E-state index is 11.8. The lowest BCUT2D eigenvalue weighted by molar-refractivity contribution is -0.117. The number of β-amino-alcohol motifs (C(OH)–C–C–N with tert-alkyl or cyclic N) is 1. The first-order valence-electron chi connectivity index (χ1n) is 6.01. The third-order valence-electron chi connectivity index (χ3n) is 3.06. The van der Waals surface area contributed by atoms with Crippen LogP contribution in [-0.4, -0.2) is 41.7 Å². The van der Waals surface area contributed by atoms with Crippen LogP contribution in [0.3, 0.4) is 0 Å². The number of nitrogens with one attached hydrogen (secondary N) is 1. The number of halogens is 1. The fraction of sp³-hybridized carbons (Fsp3) is 0.462. The quantitative estimate of drug-likeness (QED) is 0.894. The Balaban J connectivity index is 1.89. The van der Waals surface area contributed by atoms with Gasteiger partial charge in [0.25, 0.3) is 0 Å². The van der Waals surface area contributed by atoms with Gasteiger partial charge in [0.05, 0.1) is 12.6 Å². The van der Waals surface area contributed by atoms with Crippen LogP contribution in [0.5, 0.6) is 0 Å². The fourth-order valence-electron chi connectivity index (χ4n) is 2.08. The van der Waals surface area contributed by atoms with Crippen molar-refractivity contribution in [3.05, 3.63) is 28.2 Å². The van der Waals surface area contributed by atoms with Crippen LogP contribution in [-0.2, 0) is 4.79 Å². The summed E-state index contributed by atoms with van der Waals surface area (Å²) in [5.74, 6) is -0.0363. The Bertz CT molecular complexity index is 451. The first kappa shape index (κ1) is 13.5. The number of benzene rings is 1. The van der Waals surface area contributed by atoms with E-state index in [1.54, 1.807) is 0 Å². The molecule has 5 heteroatoms. The van der Waals surface area contributed by atoms with Crippen LogP contribution in [0.1, 0.15) is 12.0 Å². The number of carbonyl (C=O) groups is 1. The third-order valence-corrected chi connectivity index (χ3v) is 3.95. The normalized spacial score (nSPS) is 20.1. The van der Waals surface area contributed by atoms with Gasteiger partial charge in [0.15, 0.2) is 0 Å². The number of nitrogens with zero attached hydrogens (tertiary/aromatic N) is 1. The minimum absolute atomic E-state index is 0.0363. The number of rotatable bonds is 3. The molecule has 0 spiro atoms. The lowest BCUT2D eigenvalue weighted by Crippen LogP contribution is -2.32. The van der Waals surface area contributed by atoms with Crippen molar-refractivity contribution in [2.45, 2.75) is 19.4 Å². The Morgan fingerprint density at radius 1 is 1.61 bits per heavy atom. The Morgan fingerprint density at radius 2 is 2.39 bits per heavy atom. The number of carbonyl (C=O) groups excluding carboxylic acids is 1. The predicted octanol–water partition coefficient (Wildman–Crippen LogP) is 1.76. The second-order valence-corrected chi connectivity index (χ2v) is 5.54. The number of amides is 1. The third kappa shape index (κ3) is 3.54. The van der Waals surface area contributed by atoms with E-state index >= 15 is 0 Å². The van der Waals surface area contributed by atoms with Crippen molar-refractivity contribution < 1.29 is 9.90 Å². The Labute approximate surface area is 115 Å². The van der Waals surface area contributed by atoms with Gasteiger partial charge < -0.3 is 10.4 Å². The van der Waals surface area contributed by atoms with Crippen molar-refractivity contribution in [3.8, 4) is 0 Å². The van der Waals surface area contributed by atoms with Gasteiger partial charge in [-0.2, -0.15) is 0 Å². The zero-order valence-electron chi connectivity index (χ0n) is 10.3. The predicted molar refractivity (Wildman–Crippen MR) is 74.6 cm³/mol. The summed E-state index contributed by atoms with van der Waals surface area (Å²) >= 11 is 3.42. The number of anilines is 1. The molecule has 0 aliphatic carbocycles. The van der Waals surface area contributed by atoms with Gasteiger partial charge in [0, 0.05) is 23.2 Å². The zero-order valence-corrected chi connectivity index (χ0v) is 11.9. The maximum Gasteiger partial charge on any atom is 0.238 e. The molecule has 1 atom stereocenters. The molecule has 0 unspecified atom stereocenters. The van der Waals surface area contributed by atoms with E-state index in [2.05, 4.69) is 21.2 Å². The summed E-state index contributed by atoms with van der Waals surface area (Å²) < 4.78 is 1.03. The van der Waals surface area contributed by atoms with Crippen molar-refractivity contribution in [2.24, 2.45) is 0 Å². The molecular weight excluding hydrogens is 296 g/mol. The van der Waals surface area contributed by atoms with Crippen molar-refractivity contribution >= 4 is 27.5 Å². The topological polar surface area (TPSA) is 52.6 Å². The van der Waals surface area contributed by atoms with Crippen molar-refractivity contribution in [1.82, 2.24) is 4.90 Å². The molecule has 1 heterocycles. The van der Waals surface area contributed by atoms with E-state index in [4.69, 9.17) is 0 Å². The lowest BCUT2D eigenvalue weighted by Gasteiger charge is -2.14. The molecule has 4 nitrogen and oxygen atoms in total. The van der Waals surface area contributed by atoms with Gasteiger partial charge in [-0.05, 0) is 37.1 Å². The van der Waals surface area contributed by atoms with Gasteiger partial charge in [0.2, 0.25) is 5.91 Å². The van der Waals surface area contributed by atoms with Crippen molar-refractivity contribution in [3.63, 3.8) is 0 Å². The molecule has 2 rings (SSSR count). The van der Waals surface area contributed by atoms with Crippen LogP contribution in [0.2, 0.25) is 0 Å². The van der Waals surface area contributed by atoms with E-state index in [0.29, 0.717) is 13.1 Å². The molecular formula is C13H17BrN2O2. The average molecular weight is 313 g/mol. The van der Waals surface area contributed by atoms with Crippen LogP contribution >= 0.6 is 15.9 Å². The molecule has 1 aliphatic rings. The number of hydrogen-bond donors (Lipinski definition) is 2. The second kappa shape index (κ2) is 5.82. The van der Waals surface area contributed by atoms with Crippen LogP contribution in [0, 0.1) is 6.92 Å². The Morgan fingerprint density at radius 3 is 3.00 bits per heavy atom. The van der Waals surface area contributed by atoms with E-state index in [1.807, 2.05) is 30.0 Å². The number of aliphatic hydroxyl groups is 1. The molecule has 2 N–H and O–H groups in total. The standard InChI is InChI=1S/C13H17BrN2O2/c1-9-6-10(2-3-12(9)14)15-13(18)8-16-5-4-11(17)7-16/h2-3,6,11,17H,4-5,7-8H2,1H3,(H,15,18)/t11-/m0/s1. The van der Waals surface area contributed by atoms with Gasteiger partial charge in [-0.15, -0.1) is 0 Å². The average Bonchev–Trinajstić information content (AvgIpc) is 2.69. The van der Waals surface area contributed by atoms with E-state index in [1.165, 1.54) is 0 Å². The number of aliphatic hydroxyl groups excluding tert-OH is 1. The summed E-state index contributed by atoms with van der Waals surface area (Å²) in [6.45, 7) is 3.70. The highest BCUT2D eigenvalue weighted by atomic mass is 79.9. The minimum Gasteiger partial charge on any atom is -0.392 e. The monoisotopic (exact) mass is 312 g/mol. The molecule has 1 saturated heterocycles. The van der Waals surface area contributed by atoms with Crippen LogP contribution in [0.4, 0.5) is 5.69 Å². The number of hydrogen-bond acceptors (Lipinski definition) is 3. The molecule has 0 saturated carbocycles. The van der Waals surface area contributed by atoms with Gasteiger partial charge in [-0.1, -0.05) is 15.9 Å². The molecule has 1 fully saturated rings. The van der Waals surface area contributed by atoms with E-state index in [-0.39, 0.29) is 12.0 Å². The van der Waals surface area contributed by atoms with E-state index < -0.39 is 0 Å². The van der Waals surface area contributed by atoms with Gasteiger partial charge in [0.1, 0.15) is 0 Å². The highest BCUT2D eigenvalue weighted by Crippen LogP contribution is 2.20. The number of aryl methyl sites for hydroxylation is 1. The van der Waals surface area contributed by atoms with Gasteiger partial charge in [-0.25, -0.2) is 0 Å². The zero-order chi connectivity index (χ0) is 13.1. The molecule has 1 aliphatic heterocycles. The molecule has 0 bridgehead atoms. The smallest absolute Gasteiger partial charge is 0.238 e. The Hall–Kier alpha value is -0.910. The largest absolute Gasteiger partial charge is 0.392 e. The molecule has 1 aromatic carbocycles. The highest BCUT2D eigenvalue weighted by Gasteiger charge is 2.21. The van der Waals surface area contributed by atoms with Gasteiger partial charge in [-0.3, -0.25) is 9.69 Å².